The molecule has 2 aliphatic rings. The van der Waals surface area contributed by atoms with Crippen molar-refractivity contribution < 1.29 is 17.9 Å². The van der Waals surface area contributed by atoms with Crippen LogP contribution < -0.4 is 0 Å². The third-order valence-corrected chi connectivity index (χ3v) is 6.16. The summed E-state index contributed by atoms with van der Waals surface area (Å²) in [4.78, 5) is 13.8. The van der Waals surface area contributed by atoms with E-state index < -0.39 is 9.84 Å². The van der Waals surface area contributed by atoms with Crippen LogP contribution in [0, 0.1) is 0 Å². The Morgan fingerprint density at radius 3 is 2.44 bits per heavy atom. The first-order chi connectivity index (χ1) is 8.54. The SMILES string of the molecule is CCS(=O)(=O)C1CCN(C(=O)C2CCCO2)CC1. The highest BCUT2D eigenvalue weighted by Crippen LogP contribution is 2.21. The number of amides is 1. The van der Waals surface area contributed by atoms with Crippen molar-refractivity contribution in [1.29, 1.82) is 0 Å². The summed E-state index contributed by atoms with van der Waals surface area (Å²) in [6.45, 7) is 3.43. The summed E-state index contributed by atoms with van der Waals surface area (Å²) < 4.78 is 28.9. The van der Waals surface area contributed by atoms with E-state index in [9.17, 15) is 13.2 Å². The van der Waals surface area contributed by atoms with Crippen LogP contribution >= 0.6 is 0 Å². The van der Waals surface area contributed by atoms with Crippen molar-refractivity contribution in [1.82, 2.24) is 4.90 Å². The van der Waals surface area contributed by atoms with Gasteiger partial charge >= 0.3 is 0 Å². The fourth-order valence-electron chi connectivity index (χ4n) is 2.65. The maximum atomic E-state index is 12.1. The van der Waals surface area contributed by atoms with Crippen LogP contribution in [0.2, 0.25) is 0 Å². The smallest absolute Gasteiger partial charge is 0.251 e. The van der Waals surface area contributed by atoms with Crippen LogP contribution in [0.3, 0.4) is 0 Å². The summed E-state index contributed by atoms with van der Waals surface area (Å²) in [6, 6.07) is 0. The van der Waals surface area contributed by atoms with E-state index in [0.29, 0.717) is 32.5 Å². The van der Waals surface area contributed by atoms with Crippen molar-refractivity contribution in [3.8, 4) is 0 Å². The molecule has 5 nitrogen and oxygen atoms in total. The van der Waals surface area contributed by atoms with Crippen LogP contribution in [-0.2, 0) is 19.4 Å². The zero-order chi connectivity index (χ0) is 13.2. The maximum Gasteiger partial charge on any atom is 0.251 e. The average molecular weight is 275 g/mol. The number of hydrogen-bond donors (Lipinski definition) is 0. The molecule has 1 unspecified atom stereocenters. The quantitative estimate of drug-likeness (QED) is 0.756. The molecule has 2 rings (SSSR count). The van der Waals surface area contributed by atoms with Gasteiger partial charge in [-0.1, -0.05) is 6.92 Å². The lowest BCUT2D eigenvalue weighted by Gasteiger charge is -2.32. The number of carbonyl (C=O) groups excluding carboxylic acids is 1. The van der Waals surface area contributed by atoms with Gasteiger partial charge in [0.1, 0.15) is 6.10 Å². The van der Waals surface area contributed by atoms with Crippen molar-refractivity contribution in [2.24, 2.45) is 0 Å². The van der Waals surface area contributed by atoms with Crippen molar-refractivity contribution in [2.75, 3.05) is 25.4 Å². The molecular weight excluding hydrogens is 254 g/mol. The van der Waals surface area contributed by atoms with Gasteiger partial charge in [0, 0.05) is 25.4 Å². The minimum atomic E-state index is -2.96. The van der Waals surface area contributed by atoms with Crippen molar-refractivity contribution in [2.45, 2.75) is 44.0 Å². The highest BCUT2D eigenvalue weighted by Gasteiger charge is 2.34. The molecule has 2 aliphatic heterocycles. The van der Waals surface area contributed by atoms with Gasteiger partial charge in [-0.2, -0.15) is 0 Å². The number of nitrogens with zero attached hydrogens (tertiary/aromatic N) is 1. The Bertz CT molecular complexity index is 392. The zero-order valence-electron chi connectivity index (χ0n) is 10.8. The summed E-state index contributed by atoms with van der Waals surface area (Å²) in [5.41, 5.74) is 0. The van der Waals surface area contributed by atoms with Crippen LogP contribution in [0.5, 0.6) is 0 Å². The van der Waals surface area contributed by atoms with Crippen molar-refractivity contribution in [3.63, 3.8) is 0 Å². The third-order valence-electron chi connectivity index (χ3n) is 3.87. The highest BCUT2D eigenvalue weighted by atomic mass is 32.2. The minimum absolute atomic E-state index is 0.0415. The maximum absolute atomic E-state index is 12.1. The summed E-state index contributed by atoms with van der Waals surface area (Å²) in [5.74, 6) is 0.233. The van der Waals surface area contributed by atoms with Crippen LogP contribution in [-0.4, -0.2) is 56.0 Å². The third kappa shape index (κ3) is 2.85. The lowest BCUT2D eigenvalue weighted by molar-refractivity contribution is -0.141. The Balaban J connectivity index is 1.88. The molecule has 0 radical (unpaired) electrons. The number of sulfone groups is 1. The molecule has 2 heterocycles. The molecule has 18 heavy (non-hydrogen) atoms. The van der Waals surface area contributed by atoms with Gasteiger partial charge in [0.05, 0.1) is 5.25 Å². The molecule has 0 spiro atoms. The fraction of sp³-hybridized carbons (Fsp3) is 0.917. The Labute approximate surface area is 108 Å². The Morgan fingerprint density at radius 2 is 1.94 bits per heavy atom. The molecule has 0 aromatic rings. The molecule has 0 N–H and O–H groups in total. The topological polar surface area (TPSA) is 63.7 Å². The largest absolute Gasteiger partial charge is 0.368 e. The van der Waals surface area contributed by atoms with Gasteiger partial charge in [-0.15, -0.1) is 0 Å². The van der Waals surface area contributed by atoms with Gasteiger partial charge in [0.2, 0.25) is 0 Å². The molecule has 0 aromatic carbocycles. The first kappa shape index (κ1) is 13.8. The fourth-order valence-corrected chi connectivity index (χ4v) is 4.05. The van der Waals surface area contributed by atoms with E-state index in [1.165, 1.54) is 0 Å². The molecular formula is C12H21NO4S. The monoisotopic (exact) mass is 275 g/mol. The second-order valence-electron chi connectivity index (χ2n) is 4.98. The van der Waals surface area contributed by atoms with Gasteiger partial charge in [-0.05, 0) is 25.7 Å². The summed E-state index contributed by atoms with van der Waals surface area (Å²) in [5, 5.41) is -0.268. The number of ether oxygens (including phenoxy) is 1. The van der Waals surface area contributed by atoms with Crippen molar-refractivity contribution in [3.05, 3.63) is 0 Å². The van der Waals surface area contributed by atoms with E-state index in [4.69, 9.17) is 4.74 Å². The molecule has 1 atom stereocenters. The van der Waals surface area contributed by atoms with E-state index in [1.54, 1.807) is 11.8 Å². The highest BCUT2D eigenvalue weighted by molar-refractivity contribution is 7.92. The van der Waals surface area contributed by atoms with E-state index in [-0.39, 0.29) is 23.0 Å². The van der Waals surface area contributed by atoms with Crippen LogP contribution in [0.15, 0.2) is 0 Å². The molecule has 0 saturated carbocycles. The second-order valence-corrected chi connectivity index (χ2v) is 7.55. The molecule has 104 valence electrons. The van der Waals surface area contributed by atoms with Gasteiger partial charge < -0.3 is 9.64 Å². The Kier molecular flexibility index (Phi) is 4.27. The molecule has 2 saturated heterocycles. The minimum Gasteiger partial charge on any atom is -0.368 e. The molecule has 6 heteroatoms. The van der Waals surface area contributed by atoms with Crippen LogP contribution in [0.25, 0.3) is 0 Å². The first-order valence-electron chi connectivity index (χ1n) is 6.66. The molecule has 0 aliphatic carbocycles. The van der Waals surface area contributed by atoms with Gasteiger partial charge in [-0.3, -0.25) is 4.79 Å². The number of rotatable bonds is 3. The lowest BCUT2D eigenvalue weighted by atomic mass is 10.1. The lowest BCUT2D eigenvalue weighted by Crippen LogP contribution is -2.46. The molecule has 2 fully saturated rings. The molecule has 1 amide bonds. The Hall–Kier alpha value is -0.620. The summed E-state index contributed by atoms with van der Waals surface area (Å²) in [6.07, 6.45) is 2.58. The average Bonchev–Trinajstić information content (AvgIpc) is 2.92. The molecule has 0 bridgehead atoms. The normalized spacial score (nSPS) is 26.5. The number of hydrogen-bond acceptors (Lipinski definition) is 4. The van der Waals surface area contributed by atoms with Gasteiger partial charge in [0.25, 0.3) is 5.91 Å². The zero-order valence-corrected chi connectivity index (χ0v) is 11.6. The van der Waals surface area contributed by atoms with E-state index in [0.717, 1.165) is 12.8 Å². The summed E-state index contributed by atoms with van der Waals surface area (Å²) in [7, 11) is -2.96. The Morgan fingerprint density at radius 1 is 1.28 bits per heavy atom. The predicted octanol–water partition coefficient (Wildman–Crippen LogP) is 0.591. The van der Waals surface area contributed by atoms with E-state index in [1.807, 2.05) is 0 Å². The van der Waals surface area contributed by atoms with Crippen LogP contribution in [0.1, 0.15) is 32.6 Å². The standard InChI is InChI=1S/C12H21NO4S/c1-2-18(15,16)10-5-7-13(8-6-10)12(14)11-4-3-9-17-11/h10-11H,2-9H2,1H3. The van der Waals surface area contributed by atoms with Crippen LogP contribution in [0.4, 0.5) is 0 Å². The predicted molar refractivity (Wildman–Crippen MR) is 68.0 cm³/mol. The van der Waals surface area contributed by atoms with E-state index in [2.05, 4.69) is 0 Å². The first-order valence-corrected chi connectivity index (χ1v) is 8.38. The van der Waals surface area contributed by atoms with Crippen molar-refractivity contribution >= 4 is 15.7 Å². The van der Waals surface area contributed by atoms with E-state index >= 15 is 0 Å². The van der Waals surface area contributed by atoms with Gasteiger partial charge in [0.15, 0.2) is 9.84 Å². The molecule has 0 aromatic heterocycles. The second kappa shape index (κ2) is 5.57. The van der Waals surface area contributed by atoms with Gasteiger partial charge in [-0.25, -0.2) is 8.42 Å². The number of carbonyl (C=O) groups is 1. The summed E-state index contributed by atoms with van der Waals surface area (Å²) >= 11 is 0. The number of piperidine rings is 1. The number of likely N-dealkylation sites (tertiary alicyclic amines) is 1.